The number of rotatable bonds is 5. The van der Waals surface area contributed by atoms with Gasteiger partial charge >= 0.3 is 12.0 Å². The Morgan fingerprint density at radius 2 is 1.79 bits per heavy atom. The molecule has 0 atom stereocenters. The normalized spacial score (nSPS) is 14.4. The summed E-state index contributed by atoms with van der Waals surface area (Å²) in [4.78, 5) is 24.1. The maximum atomic E-state index is 12.3. The van der Waals surface area contributed by atoms with Gasteiger partial charge < -0.3 is 15.4 Å². The Balaban J connectivity index is 1.70. The average molecular weight is 401 g/mol. The van der Waals surface area contributed by atoms with Crippen LogP contribution in [0, 0.1) is 0 Å². The van der Waals surface area contributed by atoms with Crippen molar-refractivity contribution in [1.29, 1.82) is 0 Å². The molecule has 2 aromatic rings. The van der Waals surface area contributed by atoms with E-state index in [2.05, 4.69) is 10.6 Å². The Morgan fingerprint density at radius 1 is 1.07 bits per heavy atom. The second-order valence-corrected chi connectivity index (χ2v) is 7.33. The highest BCUT2D eigenvalue weighted by molar-refractivity contribution is 6.33. The van der Waals surface area contributed by atoms with Crippen LogP contribution in [0.3, 0.4) is 0 Å². The molecule has 0 aliphatic heterocycles. The molecular formula is C22H25ClN2O3. The van der Waals surface area contributed by atoms with Gasteiger partial charge in [-0.25, -0.2) is 9.59 Å². The molecule has 1 saturated carbocycles. The number of hydrogen-bond donors (Lipinski definition) is 2. The number of nitrogens with one attached hydrogen (secondary N) is 2. The van der Waals surface area contributed by atoms with E-state index in [0.717, 1.165) is 36.8 Å². The van der Waals surface area contributed by atoms with Crippen molar-refractivity contribution in [2.45, 2.75) is 45.1 Å². The van der Waals surface area contributed by atoms with E-state index in [1.165, 1.54) is 6.42 Å². The average Bonchev–Trinajstić information content (AvgIpc) is 2.70. The van der Waals surface area contributed by atoms with Crippen molar-refractivity contribution < 1.29 is 14.3 Å². The number of hydrogen-bond acceptors (Lipinski definition) is 3. The molecule has 0 heterocycles. The smallest absolute Gasteiger partial charge is 0.338 e. The van der Waals surface area contributed by atoms with Crippen LogP contribution in [0.25, 0.3) is 11.1 Å². The molecule has 0 unspecified atom stereocenters. The standard InChI is InChI=1S/C22H25ClN2O3/c1-2-28-21(26)16-10-8-15(9-11-16)19-14-18(12-13-20(19)23)25-22(27)24-17-6-4-3-5-7-17/h8-14,17H,2-7H2,1H3,(H2,24,25,27). The fraction of sp³-hybridized carbons (Fsp3) is 0.364. The highest BCUT2D eigenvalue weighted by Gasteiger charge is 2.16. The summed E-state index contributed by atoms with van der Waals surface area (Å²) in [5.41, 5.74) is 2.80. The number of amides is 2. The van der Waals surface area contributed by atoms with Gasteiger partial charge in [0.05, 0.1) is 12.2 Å². The molecule has 3 rings (SSSR count). The monoisotopic (exact) mass is 400 g/mol. The lowest BCUT2D eigenvalue weighted by Crippen LogP contribution is -2.39. The summed E-state index contributed by atoms with van der Waals surface area (Å²) in [6.07, 6.45) is 5.64. The van der Waals surface area contributed by atoms with Crippen LogP contribution in [-0.4, -0.2) is 24.6 Å². The van der Waals surface area contributed by atoms with Gasteiger partial charge in [0.2, 0.25) is 0 Å². The van der Waals surface area contributed by atoms with Crippen LogP contribution in [0.4, 0.5) is 10.5 Å². The van der Waals surface area contributed by atoms with E-state index >= 15 is 0 Å². The minimum absolute atomic E-state index is 0.196. The molecule has 148 valence electrons. The van der Waals surface area contributed by atoms with Crippen LogP contribution >= 0.6 is 11.6 Å². The van der Waals surface area contributed by atoms with Crippen molar-refractivity contribution in [3.63, 3.8) is 0 Å². The van der Waals surface area contributed by atoms with Crippen molar-refractivity contribution in [3.8, 4) is 11.1 Å². The molecular weight excluding hydrogens is 376 g/mol. The first-order valence-corrected chi connectivity index (χ1v) is 10.1. The highest BCUT2D eigenvalue weighted by atomic mass is 35.5. The summed E-state index contributed by atoms with van der Waals surface area (Å²) in [6, 6.07) is 12.5. The molecule has 5 nitrogen and oxygen atoms in total. The number of esters is 1. The Kier molecular flexibility index (Phi) is 6.93. The molecule has 0 radical (unpaired) electrons. The molecule has 28 heavy (non-hydrogen) atoms. The van der Waals surface area contributed by atoms with Crippen LogP contribution in [0.5, 0.6) is 0 Å². The largest absolute Gasteiger partial charge is 0.462 e. The number of halogens is 1. The number of urea groups is 1. The van der Waals surface area contributed by atoms with Crippen LogP contribution in [0.15, 0.2) is 42.5 Å². The summed E-state index contributed by atoms with van der Waals surface area (Å²) in [7, 11) is 0. The Hall–Kier alpha value is -2.53. The maximum absolute atomic E-state index is 12.3. The lowest BCUT2D eigenvalue weighted by atomic mass is 9.96. The number of carbonyl (C=O) groups excluding carboxylic acids is 2. The van der Waals surface area contributed by atoms with Crippen molar-refractivity contribution in [3.05, 3.63) is 53.1 Å². The molecule has 1 aliphatic rings. The summed E-state index contributed by atoms with van der Waals surface area (Å²) in [6.45, 7) is 2.11. The van der Waals surface area contributed by atoms with Gasteiger partial charge in [0.15, 0.2) is 0 Å². The van der Waals surface area contributed by atoms with Gasteiger partial charge in [-0.15, -0.1) is 0 Å². The molecule has 2 amide bonds. The summed E-state index contributed by atoms with van der Waals surface area (Å²) in [5.74, 6) is -0.352. The van der Waals surface area contributed by atoms with Crippen molar-refractivity contribution in [2.24, 2.45) is 0 Å². The lowest BCUT2D eigenvalue weighted by molar-refractivity contribution is 0.0526. The quantitative estimate of drug-likeness (QED) is 0.638. The zero-order chi connectivity index (χ0) is 19.9. The van der Waals surface area contributed by atoms with Crippen LogP contribution in [0.2, 0.25) is 5.02 Å². The number of carbonyl (C=O) groups is 2. The summed E-state index contributed by atoms with van der Waals surface area (Å²) in [5, 5.41) is 6.50. The number of benzene rings is 2. The van der Waals surface area contributed by atoms with Crippen LogP contribution < -0.4 is 10.6 Å². The summed E-state index contributed by atoms with van der Waals surface area (Å²) >= 11 is 6.36. The van der Waals surface area contributed by atoms with Gasteiger partial charge in [-0.3, -0.25) is 0 Å². The van der Waals surface area contributed by atoms with Gasteiger partial charge in [-0.2, -0.15) is 0 Å². The van der Waals surface area contributed by atoms with Gasteiger partial charge in [0, 0.05) is 22.3 Å². The highest BCUT2D eigenvalue weighted by Crippen LogP contribution is 2.31. The number of ether oxygens (including phenoxy) is 1. The molecule has 2 N–H and O–H groups in total. The van der Waals surface area contributed by atoms with Gasteiger partial charge in [0.25, 0.3) is 0 Å². The van der Waals surface area contributed by atoms with E-state index in [1.807, 2.05) is 18.2 Å². The zero-order valence-corrected chi connectivity index (χ0v) is 16.7. The van der Waals surface area contributed by atoms with E-state index in [1.54, 1.807) is 31.2 Å². The first-order valence-electron chi connectivity index (χ1n) is 9.71. The molecule has 1 aliphatic carbocycles. The van der Waals surface area contributed by atoms with E-state index in [0.29, 0.717) is 22.9 Å². The third-order valence-electron chi connectivity index (χ3n) is 4.87. The second kappa shape index (κ2) is 9.60. The molecule has 2 aromatic carbocycles. The first kappa shape index (κ1) is 20.2. The minimum atomic E-state index is -0.352. The molecule has 0 aromatic heterocycles. The Morgan fingerprint density at radius 3 is 2.46 bits per heavy atom. The van der Waals surface area contributed by atoms with Gasteiger partial charge in [0.1, 0.15) is 0 Å². The Labute approximate surface area is 170 Å². The Bertz CT molecular complexity index is 830. The molecule has 6 heteroatoms. The molecule has 0 bridgehead atoms. The third kappa shape index (κ3) is 5.26. The van der Waals surface area contributed by atoms with Crippen molar-refractivity contribution in [1.82, 2.24) is 5.32 Å². The van der Waals surface area contributed by atoms with Crippen LogP contribution in [-0.2, 0) is 4.74 Å². The second-order valence-electron chi connectivity index (χ2n) is 6.93. The molecule has 1 fully saturated rings. The van der Waals surface area contributed by atoms with Crippen molar-refractivity contribution in [2.75, 3.05) is 11.9 Å². The predicted molar refractivity (Wildman–Crippen MR) is 112 cm³/mol. The third-order valence-corrected chi connectivity index (χ3v) is 5.20. The zero-order valence-electron chi connectivity index (χ0n) is 16.0. The molecule has 0 spiro atoms. The summed E-state index contributed by atoms with van der Waals surface area (Å²) < 4.78 is 5.00. The topological polar surface area (TPSA) is 67.4 Å². The number of anilines is 1. The lowest BCUT2D eigenvalue weighted by Gasteiger charge is -2.23. The van der Waals surface area contributed by atoms with E-state index < -0.39 is 0 Å². The van der Waals surface area contributed by atoms with Gasteiger partial charge in [-0.05, 0) is 55.7 Å². The molecule has 0 saturated heterocycles. The minimum Gasteiger partial charge on any atom is -0.462 e. The SMILES string of the molecule is CCOC(=O)c1ccc(-c2cc(NC(=O)NC3CCCCC3)ccc2Cl)cc1. The van der Waals surface area contributed by atoms with E-state index in [9.17, 15) is 9.59 Å². The van der Waals surface area contributed by atoms with Crippen LogP contribution in [0.1, 0.15) is 49.4 Å². The van der Waals surface area contributed by atoms with Gasteiger partial charge in [-0.1, -0.05) is 43.0 Å². The first-order chi connectivity index (χ1) is 13.6. The van der Waals surface area contributed by atoms with E-state index in [-0.39, 0.29) is 18.0 Å². The van der Waals surface area contributed by atoms with Crippen molar-refractivity contribution >= 4 is 29.3 Å². The fourth-order valence-electron chi connectivity index (χ4n) is 3.42. The maximum Gasteiger partial charge on any atom is 0.338 e. The fourth-order valence-corrected chi connectivity index (χ4v) is 3.65. The van der Waals surface area contributed by atoms with E-state index in [4.69, 9.17) is 16.3 Å². The predicted octanol–water partition coefficient (Wildman–Crippen LogP) is 5.64.